The Kier molecular flexibility index (Phi) is 5.34. The van der Waals surface area contributed by atoms with E-state index in [-0.39, 0.29) is 11.5 Å². The maximum absolute atomic E-state index is 12.9. The van der Waals surface area contributed by atoms with Gasteiger partial charge in [-0.1, -0.05) is 29.5 Å². The van der Waals surface area contributed by atoms with Gasteiger partial charge >= 0.3 is 0 Å². The molecule has 4 aromatic rings. The number of carbonyl (C=O) groups is 1. The van der Waals surface area contributed by atoms with Crippen LogP contribution in [0.1, 0.15) is 56.8 Å². The largest absolute Gasteiger partial charge is 0.321 e. The number of aromatic nitrogens is 5. The summed E-state index contributed by atoms with van der Waals surface area (Å²) < 4.78 is 0. The number of thioether (sulfide) groups is 1. The molecule has 0 bridgehead atoms. The van der Waals surface area contributed by atoms with Gasteiger partial charge in [-0.2, -0.15) is 0 Å². The van der Waals surface area contributed by atoms with E-state index in [2.05, 4.69) is 30.5 Å². The Balaban J connectivity index is 1.37. The molecule has 3 N–H and O–H groups in total. The van der Waals surface area contributed by atoms with Crippen molar-refractivity contribution < 1.29 is 4.79 Å². The summed E-state index contributed by atoms with van der Waals surface area (Å²) in [6.45, 7) is 5.75. The summed E-state index contributed by atoms with van der Waals surface area (Å²) in [5.41, 5.74) is 3.29. The highest BCUT2D eigenvalue weighted by Crippen LogP contribution is 2.38. The number of anilines is 1. The lowest BCUT2D eigenvalue weighted by atomic mass is 10.1. The maximum atomic E-state index is 12.9. The number of amides is 1. The Bertz CT molecular complexity index is 1400. The molecule has 8 nitrogen and oxygen atoms in total. The van der Waals surface area contributed by atoms with Gasteiger partial charge in [0.25, 0.3) is 11.5 Å². The molecule has 1 aliphatic rings. The molecule has 0 radical (unpaired) electrons. The number of hydrogen-bond donors (Lipinski definition) is 3. The Hall–Kier alpha value is -2.98. The summed E-state index contributed by atoms with van der Waals surface area (Å²) in [6.07, 6.45) is 2.31. The zero-order valence-electron chi connectivity index (χ0n) is 17.9. The minimum atomic E-state index is -0.237. The van der Waals surface area contributed by atoms with Crippen molar-refractivity contribution in [2.75, 3.05) is 5.32 Å². The molecule has 1 saturated carbocycles. The maximum Gasteiger partial charge on any atom is 0.266 e. The number of fused-ring (bicyclic) bond motifs is 1. The number of H-pyrrole nitrogens is 2. The summed E-state index contributed by atoms with van der Waals surface area (Å²) >= 11 is 2.65. The summed E-state index contributed by atoms with van der Waals surface area (Å²) in [6, 6.07) is 5.87. The Morgan fingerprint density at radius 3 is 2.81 bits per heavy atom. The number of thiophene rings is 1. The van der Waals surface area contributed by atoms with E-state index in [4.69, 9.17) is 0 Å². The number of nitrogens with zero attached hydrogens (tertiary/aromatic N) is 3. The van der Waals surface area contributed by atoms with E-state index in [1.54, 1.807) is 6.92 Å². The van der Waals surface area contributed by atoms with Gasteiger partial charge in [-0.3, -0.25) is 14.7 Å². The third-order valence-corrected chi connectivity index (χ3v) is 7.51. The lowest BCUT2D eigenvalue weighted by Crippen LogP contribution is -2.13. The van der Waals surface area contributed by atoms with Crippen molar-refractivity contribution >= 4 is 44.9 Å². The number of rotatable bonds is 6. The number of aryl methyl sites for hydroxylation is 3. The highest BCUT2D eigenvalue weighted by molar-refractivity contribution is 7.98. The normalized spacial score (nSPS) is 13.6. The molecule has 5 rings (SSSR count). The van der Waals surface area contributed by atoms with Crippen molar-refractivity contribution in [2.45, 2.75) is 50.4 Å². The number of carbonyl (C=O) groups excluding carboxylic acids is 1. The molecular formula is C22H22N6O2S2. The van der Waals surface area contributed by atoms with E-state index in [1.165, 1.54) is 23.1 Å². The zero-order chi connectivity index (χ0) is 22.4. The van der Waals surface area contributed by atoms with Crippen LogP contribution in [0.4, 0.5) is 5.69 Å². The molecular weight excluding hydrogens is 444 g/mol. The van der Waals surface area contributed by atoms with Crippen molar-refractivity contribution in [3.05, 3.63) is 61.8 Å². The van der Waals surface area contributed by atoms with Crippen LogP contribution >= 0.6 is 23.1 Å². The van der Waals surface area contributed by atoms with Crippen LogP contribution in [0, 0.1) is 20.8 Å². The van der Waals surface area contributed by atoms with Gasteiger partial charge in [0.05, 0.1) is 16.0 Å². The van der Waals surface area contributed by atoms with E-state index in [0.717, 1.165) is 35.5 Å². The first-order chi connectivity index (χ1) is 15.4. The topological polar surface area (TPSA) is 116 Å². The fourth-order valence-corrected chi connectivity index (χ4v) is 5.37. The van der Waals surface area contributed by atoms with Crippen LogP contribution < -0.4 is 10.9 Å². The number of hydrogen-bond acceptors (Lipinski definition) is 7. The average Bonchev–Trinajstić information content (AvgIpc) is 3.39. The standard InChI is InChI=1S/C22H22N6O2S2/c1-10-4-7-14(11(2)8-10)23-20(30)17-12(3)16-19(29)24-15(25-21(16)32-17)9-31-22-26-18(27-28-22)13-5-6-13/h4,7-8,13H,5-6,9H2,1-3H3,(H,23,30)(H,24,25,29)(H,26,27,28). The molecule has 1 amide bonds. The summed E-state index contributed by atoms with van der Waals surface area (Å²) in [4.78, 5) is 38.7. The highest BCUT2D eigenvalue weighted by Gasteiger charge is 2.27. The van der Waals surface area contributed by atoms with E-state index in [0.29, 0.717) is 43.3 Å². The first kappa shape index (κ1) is 20.9. The van der Waals surface area contributed by atoms with Crippen molar-refractivity contribution in [2.24, 2.45) is 0 Å². The van der Waals surface area contributed by atoms with Gasteiger partial charge in [0, 0.05) is 11.6 Å². The Labute approximate surface area is 192 Å². The van der Waals surface area contributed by atoms with Gasteiger partial charge in [0.2, 0.25) is 5.16 Å². The summed E-state index contributed by atoms with van der Waals surface area (Å²) in [5, 5.41) is 11.3. The highest BCUT2D eigenvalue weighted by atomic mass is 32.2. The molecule has 0 saturated heterocycles. The van der Waals surface area contributed by atoms with Gasteiger partial charge in [-0.05, 0) is 50.8 Å². The molecule has 3 heterocycles. The number of nitrogens with one attached hydrogen (secondary N) is 3. The van der Waals surface area contributed by atoms with Crippen LogP contribution in [0.3, 0.4) is 0 Å². The smallest absolute Gasteiger partial charge is 0.266 e. The van der Waals surface area contributed by atoms with Crippen molar-refractivity contribution in [3.8, 4) is 0 Å². The van der Waals surface area contributed by atoms with E-state index in [9.17, 15) is 9.59 Å². The van der Waals surface area contributed by atoms with Crippen LogP contribution in [0.5, 0.6) is 0 Å². The van der Waals surface area contributed by atoms with Crippen molar-refractivity contribution in [3.63, 3.8) is 0 Å². The number of aromatic amines is 2. The fourth-order valence-electron chi connectivity index (χ4n) is 3.60. The second-order valence-electron chi connectivity index (χ2n) is 8.09. The molecule has 1 aromatic carbocycles. The number of benzene rings is 1. The van der Waals surface area contributed by atoms with E-state index < -0.39 is 0 Å². The lowest BCUT2D eigenvalue weighted by Gasteiger charge is -2.08. The molecule has 10 heteroatoms. The summed E-state index contributed by atoms with van der Waals surface area (Å²) in [5.74, 6) is 2.17. The third kappa shape index (κ3) is 4.07. The minimum Gasteiger partial charge on any atom is -0.321 e. The molecule has 3 aromatic heterocycles. The summed E-state index contributed by atoms with van der Waals surface area (Å²) in [7, 11) is 0. The van der Waals surface area contributed by atoms with Gasteiger partial charge in [-0.25, -0.2) is 9.97 Å². The fraction of sp³-hybridized carbons (Fsp3) is 0.318. The van der Waals surface area contributed by atoms with Gasteiger partial charge < -0.3 is 10.3 Å². The SMILES string of the molecule is Cc1ccc(NC(=O)c2sc3nc(CSc4n[nH]c(C5CC5)n4)[nH]c(=O)c3c2C)c(C)c1. The zero-order valence-corrected chi connectivity index (χ0v) is 19.5. The van der Waals surface area contributed by atoms with Gasteiger partial charge in [0.15, 0.2) is 0 Å². The molecule has 0 unspecified atom stereocenters. The van der Waals surface area contributed by atoms with Crippen LogP contribution in [-0.4, -0.2) is 31.1 Å². The molecule has 164 valence electrons. The van der Waals surface area contributed by atoms with Gasteiger partial charge in [0.1, 0.15) is 16.5 Å². The third-order valence-electron chi connectivity index (χ3n) is 5.47. The molecule has 0 aliphatic heterocycles. The lowest BCUT2D eigenvalue weighted by molar-refractivity contribution is 0.103. The molecule has 32 heavy (non-hydrogen) atoms. The van der Waals surface area contributed by atoms with Crippen LogP contribution in [0.15, 0.2) is 28.2 Å². The average molecular weight is 467 g/mol. The van der Waals surface area contributed by atoms with E-state index in [1.807, 2.05) is 32.0 Å². The van der Waals surface area contributed by atoms with E-state index >= 15 is 0 Å². The predicted octanol–water partition coefficient (Wildman–Crippen LogP) is 4.45. The van der Waals surface area contributed by atoms with Gasteiger partial charge in [-0.15, -0.1) is 16.4 Å². The second-order valence-corrected chi connectivity index (χ2v) is 10.0. The predicted molar refractivity (Wildman–Crippen MR) is 127 cm³/mol. The quantitative estimate of drug-likeness (QED) is 0.362. The van der Waals surface area contributed by atoms with Crippen molar-refractivity contribution in [1.29, 1.82) is 0 Å². The first-order valence-corrected chi connectivity index (χ1v) is 12.1. The molecule has 1 aliphatic carbocycles. The molecule has 1 fully saturated rings. The van der Waals surface area contributed by atoms with Crippen LogP contribution in [-0.2, 0) is 5.75 Å². The second kappa shape index (κ2) is 8.18. The molecule has 0 spiro atoms. The van der Waals surface area contributed by atoms with Crippen LogP contribution in [0.2, 0.25) is 0 Å². The Morgan fingerprint density at radius 2 is 2.06 bits per heavy atom. The van der Waals surface area contributed by atoms with Crippen molar-refractivity contribution in [1.82, 2.24) is 25.1 Å². The minimum absolute atomic E-state index is 0.235. The Morgan fingerprint density at radius 1 is 1.25 bits per heavy atom. The molecule has 0 atom stereocenters. The monoisotopic (exact) mass is 466 g/mol. The first-order valence-electron chi connectivity index (χ1n) is 10.3. The van der Waals surface area contributed by atoms with Crippen LogP contribution in [0.25, 0.3) is 10.2 Å².